The lowest BCUT2D eigenvalue weighted by Crippen LogP contribution is -2.29. The second kappa shape index (κ2) is 10.8. The first-order valence-electron chi connectivity index (χ1n) is 8.36. The summed E-state index contributed by atoms with van der Waals surface area (Å²) in [7, 11) is 0. The molecule has 30 heavy (non-hydrogen) atoms. The smallest absolute Gasteiger partial charge is 0.481 e. The molecule has 1 atom stereocenters. The molecule has 0 spiro atoms. The first-order chi connectivity index (χ1) is 13.9. The Balaban J connectivity index is 0.000000553. The quantitative estimate of drug-likeness (QED) is 0.316. The van der Waals surface area contributed by atoms with Crippen LogP contribution < -0.4 is 11.1 Å². The summed E-state index contributed by atoms with van der Waals surface area (Å²) >= 11 is 0. The van der Waals surface area contributed by atoms with E-state index >= 15 is 0 Å². The molecule has 0 saturated heterocycles. The average Bonchev–Trinajstić information content (AvgIpc) is 3.09. The molecule has 1 heterocycles. The number of carbonyl (C=O) groups is 3. The Bertz CT molecular complexity index is 824. The SMILES string of the molecule is N=C(N)c1ccc(C2=NO[C@H](CC(=O)NCCC(=O)O)C2)cc1.O=C(O)C(F)(F)F. The van der Waals surface area contributed by atoms with Gasteiger partial charge in [0.1, 0.15) is 11.9 Å². The highest BCUT2D eigenvalue weighted by Crippen LogP contribution is 2.19. The van der Waals surface area contributed by atoms with Gasteiger partial charge in [-0.1, -0.05) is 29.4 Å². The number of nitrogens with zero attached hydrogens (tertiary/aromatic N) is 1. The molecule has 10 nitrogen and oxygen atoms in total. The normalized spacial score (nSPS) is 15.2. The Hall–Kier alpha value is -3.64. The minimum absolute atomic E-state index is 0.00271. The van der Waals surface area contributed by atoms with Crippen LogP contribution in [0, 0.1) is 5.41 Å². The van der Waals surface area contributed by atoms with Crippen molar-refractivity contribution in [2.24, 2.45) is 10.9 Å². The number of carboxylic acids is 2. The Morgan fingerprint density at radius 1 is 1.23 bits per heavy atom. The van der Waals surface area contributed by atoms with Gasteiger partial charge in [-0.05, 0) is 5.56 Å². The third kappa shape index (κ3) is 8.58. The second-order valence-corrected chi connectivity index (χ2v) is 5.96. The van der Waals surface area contributed by atoms with Crippen LogP contribution in [0.5, 0.6) is 0 Å². The van der Waals surface area contributed by atoms with Crippen molar-refractivity contribution in [3.63, 3.8) is 0 Å². The van der Waals surface area contributed by atoms with E-state index in [-0.39, 0.29) is 37.2 Å². The number of nitrogens with one attached hydrogen (secondary N) is 2. The summed E-state index contributed by atoms with van der Waals surface area (Å²) in [5.41, 5.74) is 7.60. The number of hydrogen-bond donors (Lipinski definition) is 5. The van der Waals surface area contributed by atoms with Gasteiger partial charge in [0.15, 0.2) is 0 Å². The number of oxime groups is 1. The van der Waals surface area contributed by atoms with Crippen LogP contribution in [0.2, 0.25) is 0 Å². The number of aliphatic carboxylic acids is 2. The Labute approximate surface area is 168 Å². The standard InChI is InChI=1S/C15H18N4O4.C2HF3O2/c16-15(17)10-3-1-9(2-4-10)12-7-11(23-19-12)8-13(20)18-6-5-14(21)22;3-2(4,5)1(6)7/h1-4,11H,5-8H2,(H3,16,17)(H,18,20)(H,21,22);(H,6,7)/t11-;/m0./s1. The number of nitrogens with two attached hydrogens (primary N) is 1. The molecule has 1 amide bonds. The summed E-state index contributed by atoms with van der Waals surface area (Å²) in [6.07, 6.45) is -4.94. The van der Waals surface area contributed by atoms with Crippen LogP contribution in [0.25, 0.3) is 0 Å². The number of benzene rings is 1. The fourth-order valence-electron chi connectivity index (χ4n) is 2.14. The first-order valence-corrected chi connectivity index (χ1v) is 8.36. The van der Waals surface area contributed by atoms with Gasteiger partial charge in [0, 0.05) is 18.5 Å². The van der Waals surface area contributed by atoms with Gasteiger partial charge in [0.05, 0.1) is 18.6 Å². The van der Waals surface area contributed by atoms with Crippen molar-refractivity contribution in [3.8, 4) is 0 Å². The fraction of sp³-hybridized carbons (Fsp3) is 0.353. The molecule has 1 aromatic rings. The van der Waals surface area contributed by atoms with Crippen LogP contribution >= 0.6 is 0 Å². The number of amides is 1. The van der Waals surface area contributed by atoms with Gasteiger partial charge in [-0.3, -0.25) is 15.0 Å². The third-order valence-electron chi connectivity index (χ3n) is 3.58. The minimum Gasteiger partial charge on any atom is -0.481 e. The lowest BCUT2D eigenvalue weighted by Gasteiger charge is -2.08. The number of hydrogen-bond acceptors (Lipinski definition) is 6. The maximum atomic E-state index is 11.7. The maximum absolute atomic E-state index is 11.7. The predicted molar refractivity (Wildman–Crippen MR) is 97.1 cm³/mol. The molecule has 0 fully saturated rings. The van der Waals surface area contributed by atoms with E-state index in [2.05, 4.69) is 10.5 Å². The van der Waals surface area contributed by atoms with Gasteiger partial charge < -0.3 is 26.1 Å². The van der Waals surface area contributed by atoms with E-state index in [0.29, 0.717) is 12.0 Å². The van der Waals surface area contributed by atoms with Crippen LogP contribution in [-0.4, -0.2) is 58.4 Å². The van der Waals surface area contributed by atoms with Gasteiger partial charge in [-0.15, -0.1) is 0 Å². The van der Waals surface area contributed by atoms with Crippen LogP contribution in [0.15, 0.2) is 29.4 Å². The molecule has 2 rings (SSSR count). The summed E-state index contributed by atoms with van der Waals surface area (Å²) in [5, 5.41) is 29.5. The number of carbonyl (C=O) groups excluding carboxylic acids is 1. The molecule has 0 unspecified atom stereocenters. The number of carboxylic acid groups (broad SMARTS) is 2. The van der Waals surface area contributed by atoms with Crippen molar-refractivity contribution in [2.45, 2.75) is 31.5 Å². The molecule has 164 valence electrons. The Kier molecular flexibility index (Phi) is 8.77. The minimum atomic E-state index is -5.08. The summed E-state index contributed by atoms with van der Waals surface area (Å²) in [4.78, 5) is 36.2. The van der Waals surface area contributed by atoms with Gasteiger partial charge in [-0.2, -0.15) is 13.2 Å². The number of alkyl halides is 3. The highest BCUT2D eigenvalue weighted by atomic mass is 19.4. The zero-order chi connectivity index (χ0) is 22.9. The highest BCUT2D eigenvalue weighted by molar-refractivity contribution is 6.02. The number of nitrogen functional groups attached to an aromatic ring is 1. The molecule has 0 aliphatic carbocycles. The van der Waals surface area contributed by atoms with Gasteiger partial charge in [0.2, 0.25) is 5.91 Å². The van der Waals surface area contributed by atoms with Crippen molar-refractivity contribution in [2.75, 3.05) is 6.54 Å². The van der Waals surface area contributed by atoms with Crippen LogP contribution in [-0.2, 0) is 19.2 Å². The lowest BCUT2D eigenvalue weighted by atomic mass is 10.0. The van der Waals surface area contributed by atoms with Crippen LogP contribution in [0.4, 0.5) is 13.2 Å². The summed E-state index contributed by atoms with van der Waals surface area (Å²) < 4.78 is 31.7. The molecule has 0 saturated carbocycles. The monoisotopic (exact) mass is 432 g/mol. The Morgan fingerprint density at radius 2 is 1.80 bits per heavy atom. The number of rotatable bonds is 7. The van der Waals surface area contributed by atoms with E-state index in [9.17, 15) is 22.8 Å². The van der Waals surface area contributed by atoms with Crippen molar-refractivity contribution >= 4 is 29.4 Å². The molecule has 13 heteroatoms. The fourth-order valence-corrected chi connectivity index (χ4v) is 2.14. The van der Waals surface area contributed by atoms with Gasteiger partial charge in [-0.25, -0.2) is 4.79 Å². The third-order valence-corrected chi connectivity index (χ3v) is 3.58. The Morgan fingerprint density at radius 3 is 2.27 bits per heavy atom. The average molecular weight is 432 g/mol. The molecule has 0 bridgehead atoms. The zero-order valence-electron chi connectivity index (χ0n) is 15.4. The van der Waals surface area contributed by atoms with E-state index in [0.717, 1.165) is 11.3 Å². The zero-order valence-corrected chi connectivity index (χ0v) is 15.4. The highest BCUT2D eigenvalue weighted by Gasteiger charge is 2.38. The van der Waals surface area contributed by atoms with E-state index in [1.807, 2.05) is 0 Å². The first kappa shape index (κ1) is 24.4. The maximum Gasteiger partial charge on any atom is 0.490 e. The topological polar surface area (TPSA) is 175 Å². The van der Waals surface area contributed by atoms with E-state index in [4.69, 9.17) is 31.0 Å². The van der Waals surface area contributed by atoms with Gasteiger partial charge in [0.25, 0.3) is 0 Å². The van der Waals surface area contributed by atoms with Crippen molar-refractivity contribution in [1.29, 1.82) is 5.41 Å². The van der Waals surface area contributed by atoms with Crippen molar-refractivity contribution in [1.82, 2.24) is 5.32 Å². The van der Waals surface area contributed by atoms with E-state index < -0.39 is 18.1 Å². The van der Waals surface area contributed by atoms with E-state index in [1.54, 1.807) is 24.3 Å². The molecule has 0 aromatic heterocycles. The summed E-state index contributed by atoms with van der Waals surface area (Å²) in [5.74, 6) is -3.98. The largest absolute Gasteiger partial charge is 0.490 e. The predicted octanol–water partition coefficient (Wildman–Crippen LogP) is 1.08. The molecule has 1 aromatic carbocycles. The van der Waals surface area contributed by atoms with Crippen LogP contribution in [0.1, 0.15) is 30.4 Å². The van der Waals surface area contributed by atoms with Crippen LogP contribution in [0.3, 0.4) is 0 Å². The lowest BCUT2D eigenvalue weighted by molar-refractivity contribution is -0.192. The molecule has 1 aliphatic rings. The molecular weight excluding hydrogens is 413 g/mol. The van der Waals surface area contributed by atoms with Gasteiger partial charge >= 0.3 is 18.1 Å². The van der Waals surface area contributed by atoms with Crippen molar-refractivity contribution < 1.29 is 42.6 Å². The second-order valence-electron chi connectivity index (χ2n) is 5.96. The molecule has 0 radical (unpaired) electrons. The molecule has 1 aliphatic heterocycles. The molecule has 6 N–H and O–H groups in total. The summed E-state index contributed by atoms with van der Waals surface area (Å²) in [6.45, 7) is 0.0983. The molecular formula is C17H19F3N4O6. The van der Waals surface area contributed by atoms with E-state index in [1.165, 1.54) is 0 Å². The number of amidine groups is 1. The number of halogens is 3. The summed E-state index contributed by atoms with van der Waals surface area (Å²) in [6, 6.07) is 7.06. The van der Waals surface area contributed by atoms with Crippen molar-refractivity contribution in [3.05, 3.63) is 35.4 Å².